The minimum absolute atomic E-state index is 0.303. The highest BCUT2D eigenvalue weighted by molar-refractivity contribution is 5.90. The van der Waals surface area contributed by atoms with Gasteiger partial charge in [-0.15, -0.1) is 5.10 Å². The van der Waals surface area contributed by atoms with Crippen molar-refractivity contribution in [1.29, 1.82) is 0 Å². The first-order chi connectivity index (χ1) is 8.83. The number of hydrogen-bond acceptors (Lipinski definition) is 5. The lowest BCUT2D eigenvalue weighted by atomic mass is 10.0. The molecule has 0 aliphatic carbocycles. The van der Waals surface area contributed by atoms with E-state index in [4.69, 9.17) is 4.74 Å². The summed E-state index contributed by atoms with van der Waals surface area (Å²) in [5.74, 6) is 0.819. The second-order valence-corrected chi connectivity index (χ2v) is 4.70. The monoisotopic (exact) mass is 244 g/mol. The molecule has 2 atom stereocenters. The van der Waals surface area contributed by atoms with E-state index in [0.717, 1.165) is 36.0 Å². The molecule has 1 aliphatic rings. The molecule has 0 saturated carbocycles. The molecule has 0 bridgehead atoms. The first-order valence-electron chi connectivity index (χ1n) is 6.26. The van der Waals surface area contributed by atoms with Crippen LogP contribution in [0.15, 0.2) is 24.7 Å². The molecule has 2 aromatic rings. The average molecular weight is 244 g/mol. The molecule has 3 rings (SSSR count). The Labute approximate surface area is 106 Å². The van der Waals surface area contributed by atoms with Gasteiger partial charge in [0, 0.05) is 35.8 Å². The summed E-state index contributed by atoms with van der Waals surface area (Å²) < 4.78 is 5.54. The van der Waals surface area contributed by atoms with Crippen LogP contribution in [0.5, 0.6) is 0 Å². The van der Waals surface area contributed by atoms with Crippen molar-refractivity contribution in [3.8, 4) is 0 Å². The molecule has 5 nitrogen and oxygen atoms in total. The van der Waals surface area contributed by atoms with Crippen LogP contribution in [-0.2, 0) is 4.74 Å². The lowest BCUT2D eigenvalue weighted by Crippen LogP contribution is -2.32. The van der Waals surface area contributed by atoms with Gasteiger partial charge in [0.25, 0.3) is 0 Å². The lowest BCUT2D eigenvalue weighted by molar-refractivity contribution is 0.0232. The van der Waals surface area contributed by atoms with Crippen molar-refractivity contribution < 1.29 is 4.74 Å². The summed E-state index contributed by atoms with van der Waals surface area (Å²) in [6.07, 6.45) is 7.66. The predicted octanol–water partition coefficient (Wildman–Crippen LogP) is 2.00. The molecule has 2 aromatic heterocycles. The van der Waals surface area contributed by atoms with Gasteiger partial charge >= 0.3 is 0 Å². The Morgan fingerprint density at radius 1 is 1.39 bits per heavy atom. The number of nitrogens with zero attached hydrogens (tertiary/aromatic N) is 3. The van der Waals surface area contributed by atoms with Crippen molar-refractivity contribution in [2.24, 2.45) is 0 Å². The third-order valence-electron chi connectivity index (χ3n) is 3.29. The zero-order valence-corrected chi connectivity index (χ0v) is 10.3. The van der Waals surface area contributed by atoms with E-state index in [9.17, 15) is 0 Å². The zero-order valence-electron chi connectivity index (χ0n) is 10.3. The second-order valence-electron chi connectivity index (χ2n) is 4.70. The first-order valence-corrected chi connectivity index (χ1v) is 6.26. The van der Waals surface area contributed by atoms with Crippen LogP contribution in [0.25, 0.3) is 10.8 Å². The average Bonchev–Trinajstić information content (AvgIpc) is 2.39. The van der Waals surface area contributed by atoms with Crippen LogP contribution in [0.1, 0.15) is 19.8 Å². The molecule has 1 fully saturated rings. The van der Waals surface area contributed by atoms with Gasteiger partial charge in [0.2, 0.25) is 0 Å². The van der Waals surface area contributed by atoms with E-state index in [0.29, 0.717) is 12.1 Å². The van der Waals surface area contributed by atoms with Crippen LogP contribution in [-0.4, -0.2) is 33.9 Å². The number of nitrogens with one attached hydrogen (secondary N) is 1. The van der Waals surface area contributed by atoms with Gasteiger partial charge in [-0.05, 0) is 25.8 Å². The minimum Gasteiger partial charge on any atom is -0.378 e. The van der Waals surface area contributed by atoms with E-state index in [1.807, 2.05) is 12.3 Å². The van der Waals surface area contributed by atoms with Gasteiger partial charge in [0.15, 0.2) is 5.82 Å². The normalized spacial score (nSPS) is 24.1. The van der Waals surface area contributed by atoms with Gasteiger partial charge in [0.05, 0.1) is 12.3 Å². The zero-order chi connectivity index (χ0) is 12.4. The Balaban J connectivity index is 1.86. The maximum atomic E-state index is 5.54. The van der Waals surface area contributed by atoms with Crippen molar-refractivity contribution >= 4 is 16.6 Å². The molecule has 5 heteroatoms. The van der Waals surface area contributed by atoms with Gasteiger partial charge in [0.1, 0.15) is 0 Å². The topological polar surface area (TPSA) is 59.9 Å². The third-order valence-corrected chi connectivity index (χ3v) is 3.29. The van der Waals surface area contributed by atoms with Gasteiger partial charge in [-0.1, -0.05) is 0 Å². The number of rotatable bonds is 2. The number of ether oxygens (including phenoxy) is 1. The maximum Gasteiger partial charge on any atom is 0.158 e. The van der Waals surface area contributed by atoms with E-state index < -0.39 is 0 Å². The Morgan fingerprint density at radius 3 is 3.22 bits per heavy atom. The first kappa shape index (κ1) is 11.3. The second kappa shape index (κ2) is 4.86. The fraction of sp³-hybridized carbons (Fsp3) is 0.462. The van der Waals surface area contributed by atoms with Crippen LogP contribution >= 0.6 is 0 Å². The highest BCUT2D eigenvalue weighted by Gasteiger charge is 2.20. The number of aromatic nitrogens is 3. The number of hydrogen-bond donors (Lipinski definition) is 1. The fourth-order valence-corrected chi connectivity index (χ4v) is 2.35. The quantitative estimate of drug-likeness (QED) is 0.875. The summed E-state index contributed by atoms with van der Waals surface area (Å²) in [5, 5.41) is 13.7. The summed E-state index contributed by atoms with van der Waals surface area (Å²) in [5.41, 5.74) is 0. The summed E-state index contributed by atoms with van der Waals surface area (Å²) in [7, 11) is 0. The summed E-state index contributed by atoms with van der Waals surface area (Å²) in [6.45, 7) is 2.90. The van der Waals surface area contributed by atoms with Crippen molar-refractivity contribution in [1.82, 2.24) is 15.2 Å². The van der Waals surface area contributed by atoms with E-state index in [1.54, 1.807) is 12.4 Å². The van der Waals surface area contributed by atoms with Gasteiger partial charge < -0.3 is 10.1 Å². The van der Waals surface area contributed by atoms with E-state index >= 15 is 0 Å². The SMILES string of the molecule is CC1CC(Nc2nncc3ccncc23)CCO1. The fourth-order valence-electron chi connectivity index (χ4n) is 2.35. The molecule has 18 heavy (non-hydrogen) atoms. The molecule has 1 saturated heterocycles. The van der Waals surface area contributed by atoms with Crippen LogP contribution in [0.3, 0.4) is 0 Å². The largest absolute Gasteiger partial charge is 0.378 e. The molecule has 1 aliphatic heterocycles. The van der Waals surface area contributed by atoms with E-state index in [-0.39, 0.29) is 0 Å². The Morgan fingerprint density at radius 2 is 2.33 bits per heavy atom. The number of pyridine rings is 1. The van der Waals surface area contributed by atoms with Crippen molar-refractivity contribution in [3.63, 3.8) is 0 Å². The molecule has 0 aromatic carbocycles. The summed E-state index contributed by atoms with van der Waals surface area (Å²) in [6, 6.07) is 2.34. The molecule has 0 radical (unpaired) electrons. The highest BCUT2D eigenvalue weighted by Crippen LogP contribution is 2.22. The smallest absolute Gasteiger partial charge is 0.158 e. The molecular weight excluding hydrogens is 228 g/mol. The van der Waals surface area contributed by atoms with E-state index in [1.165, 1.54) is 0 Å². The van der Waals surface area contributed by atoms with Crippen LogP contribution in [0.2, 0.25) is 0 Å². The van der Waals surface area contributed by atoms with Crippen LogP contribution < -0.4 is 5.32 Å². The van der Waals surface area contributed by atoms with E-state index in [2.05, 4.69) is 27.4 Å². The minimum atomic E-state index is 0.303. The van der Waals surface area contributed by atoms with Crippen LogP contribution in [0.4, 0.5) is 5.82 Å². The Hall–Kier alpha value is -1.75. The highest BCUT2D eigenvalue weighted by atomic mass is 16.5. The van der Waals surface area contributed by atoms with Crippen molar-refractivity contribution in [2.45, 2.75) is 31.9 Å². The standard InChI is InChI=1S/C13H16N4O/c1-9-6-11(3-5-18-9)16-13-12-8-14-4-2-10(12)7-15-17-13/h2,4,7-9,11H,3,5-6H2,1H3,(H,16,17). The third kappa shape index (κ3) is 2.26. The predicted molar refractivity (Wildman–Crippen MR) is 69.4 cm³/mol. The molecule has 0 amide bonds. The van der Waals surface area contributed by atoms with Gasteiger partial charge in [-0.3, -0.25) is 4.98 Å². The van der Waals surface area contributed by atoms with Crippen molar-refractivity contribution in [3.05, 3.63) is 24.7 Å². The molecule has 94 valence electrons. The molecule has 0 spiro atoms. The summed E-state index contributed by atoms with van der Waals surface area (Å²) >= 11 is 0. The van der Waals surface area contributed by atoms with Crippen molar-refractivity contribution in [2.75, 3.05) is 11.9 Å². The molecule has 2 unspecified atom stereocenters. The Kier molecular flexibility index (Phi) is 3.06. The van der Waals surface area contributed by atoms with Gasteiger partial charge in [-0.2, -0.15) is 5.10 Å². The maximum absolute atomic E-state index is 5.54. The summed E-state index contributed by atoms with van der Waals surface area (Å²) in [4.78, 5) is 4.15. The van der Waals surface area contributed by atoms with Gasteiger partial charge in [-0.25, -0.2) is 0 Å². The number of anilines is 1. The molecule has 3 heterocycles. The molecule has 1 N–H and O–H groups in total. The molecular formula is C13H16N4O. The van der Waals surface area contributed by atoms with Crippen LogP contribution in [0, 0.1) is 0 Å². The number of fused-ring (bicyclic) bond motifs is 1. The lowest BCUT2D eigenvalue weighted by Gasteiger charge is -2.28. The Bertz CT molecular complexity index is 540.